The summed E-state index contributed by atoms with van der Waals surface area (Å²) in [5.41, 5.74) is 0.766. The van der Waals surface area contributed by atoms with Crippen LogP contribution in [-0.2, 0) is 0 Å². The fourth-order valence-electron chi connectivity index (χ4n) is 2.30. The first kappa shape index (κ1) is 13.6. The van der Waals surface area contributed by atoms with Crippen LogP contribution in [0.3, 0.4) is 0 Å². The Morgan fingerprint density at radius 1 is 1.22 bits per heavy atom. The molecule has 0 radical (unpaired) electrons. The van der Waals surface area contributed by atoms with Crippen molar-refractivity contribution in [2.45, 2.75) is 13.3 Å². The summed E-state index contributed by atoms with van der Waals surface area (Å²) in [5.74, 6) is 0.139. The second-order valence-electron chi connectivity index (χ2n) is 4.56. The second kappa shape index (κ2) is 6.34. The van der Waals surface area contributed by atoms with Gasteiger partial charge in [-0.25, -0.2) is 0 Å². The van der Waals surface area contributed by atoms with Crippen molar-refractivity contribution in [3.63, 3.8) is 0 Å². The summed E-state index contributed by atoms with van der Waals surface area (Å²) in [6.07, 6.45) is 1.06. The molecule has 0 spiro atoms. The number of benzene rings is 1. The lowest BCUT2D eigenvalue weighted by atomic mass is 10.2. The minimum absolute atomic E-state index is 0.139. The van der Waals surface area contributed by atoms with E-state index in [1.165, 1.54) is 0 Å². The number of hydrogen-bond acceptors (Lipinski definition) is 2. The lowest BCUT2D eigenvalue weighted by Gasteiger charge is -2.21. The van der Waals surface area contributed by atoms with Crippen LogP contribution in [0.4, 0.5) is 0 Å². The zero-order valence-electron chi connectivity index (χ0n) is 10.7. The molecule has 1 fully saturated rings. The number of hydrogen-bond donors (Lipinski definition) is 0. The molecule has 1 saturated heterocycles. The minimum atomic E-state index is 0.139. The van der Waals surface area contributed by atoms with Crippen molar-refractivity contribution in [1.82, 2.24) is 9.80 Å². The van der Waals surface area contributed by atoms with E-state index in [2.05, 4.69) is 27.8 Å². The fraction of sp³-hybridized carbons (Fsp3) is 0.500. The first-order chi connectivity index (χ1) is 8.72. The van der Waals surface area contributed by atoms with Crippen LogP contribution in [-0.4, -0.2) is 48.4 Å². The van der Waals surface area contributed by atoms with Gasteiger partial charge in [-0.15, -0.1) is 0 Å². The molecule has 4 heteroatoms. The molecular weight excluding hydrogens is 292 g/mol. The summed E-state index contributed by atoms with van der Waals surface area (Å²) >= 11 is 3.45. The Morgan fingerprint density at radius 3 is 2.72 bits per heavy atom. The third-order valence-corrected chi connectivity index (χ3v) is 4.12. The molecule has 98 valence electrons. The molecule has 0 N–H and O–H groups in total. The van der Waals surface area contributed by atoms with Crippen molar-refractivity contribution >= 4 is 21.8 Å². The highest BCUT2D eigenvalue weighted by Crippen LogP contribution is 2.18. The first-order valence-corrected chi connectivity index (χ1v) is 7.28. The smallest absolute Gasteiger partial charge is 0.255 e. The fourth-order valence-corrected chi connectivity index (χ4v) is 2.75. The van der Waals surface area contributed by atoms with Gasteiger partial charge in [0.1, 0.15) is 0 Å². The molecule has 18 heavy (non-hydrogen) atoms. The molecule has 0 atom stereocenters. The van der Waals surface area contributed by atoms with Gasteiger partial charge in [0, 0.05) is 24.1 Å². The van der Waals surface area contributed by atoms with Crippen LogP contribution in [0.15, 0.2) is 28.7 Å². The summed E-state index contributed by atoms with van der Waals surface area (Å²) in [6, 6.07) is 7.65. The zero-order chi connectivity index (χ0) is 13.0. The number of likely N-dealkylation sites (N-methyl/N-ethyl adjacent to an activating group) is 1. The van der Waals surface area contributed by atoms with Gasteiger partial charge >= 0.3 is 0 Å². The average Bonchev–Trinajstić information content (AvgIpc) is 2.63. The molecule has 0 saturated carbocycles. The molecule has 3 nitrogen and oxygen atoms in total. The highest BCUT2D eigenvalue weighted by molar-refractivity contribution is 9.10. The third-order valence-electron chi connectivity index (χ3n) is 3.43. The molecule has 1 aromatic rings. The van der Waals surface area contributed by atoms with Crippen LogP contribution >= 0.6 is 15.9 Å². The van der Waals surface area contributed by atoms with Crippen LogP contribution < -0.4 is 0 Å². The summed E-state index contributed by atoms with van der Waals surface area (Å²) in [6.45, 7) is 7.00. The van der Waals surface area contributed by atoms with E-state index >= 15 is 0 Å². The maximum Gasteiger partial charge on any atom is 0.255 e. The van der Waals surface area contributed by atoms with Gasteiger partial charge in [-0.3, -0.25) is 4.79 Å². The van der Waals surface area contributed by atoms with Crippen molar-refractivity contribution in [3.8, 4) is 0 Å². The van der Waals surface area contributed by atoms with Gasteiger partial charge in [0.15, 0.2) is 0 Å². The predicted octanol–water partition coefficient (Wildman–Crippen LogP) is 2.62. The predicted molar refractivity (Wildman–Crippen MR) is 76.8 cm³/mol. The van der Waals surface area contributed by atoms with Crippen molar-refractivity contribution in [3.05, 3.63) is 34.3 Å². The zero-order valence-corrected chi connectivity index (χ0v) is 12.3. The van der Waals surface area contributed by atoms with Gasteiger partial charge in [0.25, 0.3) is 5.91 Å². The Hall–Kier alpha value is -0.870. The largest absolute Gasteiger partial charge is 0.337 e. The van der Waals surface area contributed by atoms with Crippen molar-refractivity contribution in [2.75, 3.05) is 32.7 Å². The van der Waals surface area contributed by atoms with Crippen LogP contribution in [0, 0.1) is 0 Å². The lowest BCUT2D eigenvalue weighted by Crippen LogP contribution is -2.35. The van der Waals surface area contributed by atoms with Crippen LogP contribution in [0.25, 0.3) is 0 Å². The van der Waals surface area contributed by atoms with E-state index in [-0.39, 0.29) is 5.91 Å². The highest BCUT2D eigenvalue weighted by atomic mass is 79.9. The van der Waals surface area contributed by atoms with E-state index in [4.69, 9.17) is 0 Å². The summed E-state index contributed by atoms with van der Waals surface area (Å²) in [5, 5.41) is 0. The van der Waals surface area contributed by atoms with E-state index in [1.54, 1.807) is 0 Å². The van der Waals surface area contributed by atoms with Crippen molar-refractivity contribution in [2.24, 2.45) is 0 Å². The summed E-state index contributed by atoms with van der Waals surface area (Å²) < 4.78 is 0.881. The quantitative estimate of drug-likeness (QED) is 0.838. The highest BCUT2D eigenvalue weighted by Gasteiger charge is 2.20. The molecule has 1 heterocycles. The molecule has 0 aliphatic carbocycles. The molecule has 0 unspecified atom stereocenters. The minimum Gasteiger partial charge on any atom is -0.337 e. The molecule has 0 bridgehead atoms. The standard InChI is InChI=1S/C14H19BrN2O/c1-2-16-8-5-9-17(11-10-16)14(18)12-6-3-4-7-13(12)15/h3-4,6-7H,2,5,8-11H2,1H3. The number of amides is 1. The third kappa shape index (κ3) is 3.12. The molecular formula is C14H19BrN2O. The number of halogens is 1. The maximum absolute atomic E-state index is 12.4. The van der Waals surface area contributed by atoms with Gasteiger partial charge < -0.3 is 9.80 Å². The molecule has 1 aliphatic heterocycles. The first-order valence-electron chi connectivity index (χ1n) is 6.48. The molecule has 1 aliphatic rings. The van der Waals surface area contributed by atoms with Gasteiger partial charge in [0.05, 0.1) is 5.56 Å². The Morgan fingerprint density at radius 2 is 2.00 bits per heavy atom. The van der Waals surface area contributed by atoms with Gasteiger partial charge in [0.2, 0.25) is 0 Å². The monoisotopic (exact) mass is 310 g/mol. The van der Waals surface area contributed by atoms with Gasteiger partial charge in [-0.05, 0) is 47.6 Å². The number of carbonyl (C=O) groups excluding carboxylic acids is 1. The lowest BCUT2D eigenvalue weighted by molar-refractivity contribution is 0.0761. The SMILES string of the molecule is CCN1CCCN(C(=O)c2ccccc2Br)CC1. The van der Waals surface area contributed by atoms with Crippen molar-refractivity contribution < 1.29 is 4.79 Å². The molecule has 1 aromatic carbocycles. The van der Waals surface area contributed by atoms with E-state index < -0.39 is 0 Å². The average molecular weight is 311 g/mol. The Labute approximate surface area is 117 Å². The Kier molecular flexibility index (Phi) is 4.78. The summed E-state index contributed by atoms with van der Waals surface area (Å²) in [7, 11) is 0. The Balaban J connectivity index is 2.08. The Bertz CT molecular complexity index is 422. The van der Waals surface area contributed by atoms with Crippen LogP contribution in [0.5, 0.6) is 0 Å². The molecule has 2 rings (SSSR count). The molecule has 1 amide bonds. The van der Waals surface area contributed by atoms with Gasteiger partial charge in [-0.1, -0.05) is 19.1 Å². The second-order valence-corrected chi connectivity index (χ2v) is 5.41. The molecule has 0 aromatic heterocycles. The van der Waals surface area contributed by atoms with E-state index in [0.717, 1.165) is 49.2 Å². The summed E-state index contributed by atoms with van der Waals surface area (Å²) in [4.78, 5) is 16.8. The number of carbonyl (C=O) groups is 1. The topological polar surface area (TPSA) is 23.6 Å². The van der Waals surface area contributed by atoms with Gasteiger partial charge in [-0.2, -0.15) is 0 Å². The normalized spacial score (nSPS) is 17.6. The number of nitrogens with zero attached hydrogens (tertiary/aromatic N) is 2. The maximum atomic E-state index is 12.4. The van der Waals surface area contributed by atoms with E-state index in [1.807, 2.05) is 29.2 Å². The van der Waals surface area contributed by atoms with Crippen molar-refractivity contribution in [1.29, 1.82) is 0 Å². The van der Waals surface area contributed by atoms with Crippen LogP contribution in [0.2, 0.25) is 0 Å². The van der Waals surface area contributed by atoms with E-state index in [9.17, 15) is 4.79 Å². The van der Waals surface area contributed by atoms with E-state index in [0.29, 0.717) is 0 Å². The number of rotatable bonds is 2. The van der Waals surface area contributed by atoms with Crippen LogP contribution in [0.1, 0.15) is 23.7 Å².